The summed E-state index contributed by atoms with van der Waals surface area (Å²) in [5.74, 6) is 0.0965. The lowest BCUT2D eigenvalue weighted by Crippen LogP contribution is -2.49. The molecule has 0 bridgehead atoms. The molecule has 3 heterocycles. The molecular formula is C20H23F3N8O3. The molecular weight excluding hydrogens is 457 g/mol. The first-order valence-corrected chi connectivity index (χ1v) is 10.4. The lowest BCUT2D eigenvalue weighted by molar-refractivity contribution is -0.138. The molecule has 11 nitrogen and oxygen atoms in total. The predicted molar refractivity (Wildman–Crippen MR) is 114 cm³/mol. The normalized spacial score (nSPS) is 15.0. The van der Waals surface area contributed by atoms with Crippen LogP contribution in [0.1, 0.15) is 24.5 Å². The third-order valence-electron chi connectivity index (χ3n) is 5.08. The van der Waals surface area contributed by atoms with Crippen LogP contribution in [0.2, 0.25) is 0 Å². The Hall–Kier alpha value is -3.73. The first-order chi connectivity index (χ1) is 16.2. The van der Waals surface area contributed by atoms with Crippen LogP contribution >= 0.6 is 0 Å². The van der Waals surface area contributed by atoms with E-state index in [-0.39, 0.29) is 43.1 Å². The first-order valence-electron chi connectivity index (χ1n) is 10.4. The smallest absolute Gasteiger partial charge is 0.379 e. The Balaban J connectivity index is 1.37. The van der Waals surface area contributed by atoms with Crippen molar-refractivity contribution in [2.75, 3.05) is 49.6 Å². The number of alkyl halides is 3. The van der Waals surface area contributed by atoms with E-state index >= 15 is 0 Å². The van der Waals surface area contributed by atoms with Crippen molar-refractivity contribution in [2.24, 2.45) is 0 Å². The number of amides is 1. The van der Waals surface area contributed by atoms with Gasteiger partial charge in [-0.15, -0.1) is 0 Å². The number of hydrogen-bond acceptors (Lipinski definition) is 9. The molecule has 2 aromatic heterocycles. The minimum atomic E-state index is -4.49. The zero-order valence-corrected chi connectivity index (χ0v) is 18.3. The zero-order chi connectivity index (χ0) is 24.7. The number of ether oxygens (including phenoxy) is 1. The molecule has 1 aliphatic heterocycles. The van der Waals surface area contributed by atoms with E-state index < -0.39 is 17.3 Å². The van der Waals surface area contributed by atoms with Crippen molar-refractivity contribution in [3.8, 4) is 6.07 Å². The average molecular weight is 480 g/mol. The van der Waals surface area contributed by atoms with Crippen LogP contribution in [0, 0.1) is 11.3 Å². The molecule has 182 valence electrons. The Morgan fingerprint density at radius 2 is 1.94 bits per heavy atom. The summed E-state index contributed by atoms with van der Waals surface area (Å²) in [5.41, 5.74) is -1.27. The fraction of sp³-hybridized carbons (Fsp3) is 0.500. The molecule has 0 spiro atoms. The molecule has 1 fully saturated rings. The summed E-state index contributed by atoms with van der Waals surface area (Å²) in [5, 5.41) is 17.9. The molecule has 0 radical (unpaired) electrons. The quantitative estimate of drug-likeness (QED) is 0.530. The maximum atomic E-state index is 12.6. The molecule has 2 N–H and O–H groups in total. The van der Waals surface area contributed by atoms with Crippen molar-refractivity contribution in [3.63, 3.8) is 0 Å². The van der Waals surface area contributed by atoms with Gasteiger partial charge in [0.15, 0.2) is 0 Å². The van der Waals surface area contributed by atoms with E-state index in [0.29, 0.717) is 31.9 Å². The van der Waals surface area contributed by atoms with Crippen LogP contribution in [0.25, 0.3) is 0 Å². The highest BCUT2D eigenvalue weighted by molar-refractivity contribution is 5.76. The third-order valence-corrected chi connectivity index (χ3v) is 5.08. The number of carbonyl (C=O) groups excluding carboxylic acids is 1. The molecule has 1 saturated heterocycles. The lowest BCUT2D eigenvalue weighted by atomic mass is 10.2. The van der Waals surface area contributed by atoms with Crippen LogP contribution in [-0.4, -0.2) is 76.4 Å². The summed E-state index contributed by atoms with van der Waals surface area (Å²) in [6.45, 7) is 3.83. The molecule has 0 saturated carbocycles. The van der Waals surface area contributed by atoms with Gasteiger partial charge >= 0.3 is 6.18 Å². The van der Waals surface area contributed by atoms with Crippen molar-refractivity contribution >= 4 is 17.5 Å². The Bertz CT molecular complexity index is 1080. The molecule has 0 aliphatic carbocycles. The number of rotatable bonds is 8. The number of anilines is 2. The number of aromatic amines is 1. The molecule has 14 heteroatoms. The number of hydrogen-bond donors (Lipinski definition) is 2. The van der Waals surface area contributed by atoms with E-state index in [2.05, 4.69) is 25.5 Å². The molecule has 0 aromatic carbocycles. The van der Waals surface area contributed by atoms with E-state index in [1.165, 1.54) is 6.20 Å². The van der Waals surface area contributed by atoms with Gasteiger partial charge in [-0.25, -0.2) is 15.1 Å². The van der Waals surface area contributed by atoms with Crippen molar-refractivity contribution in [2.45, 2.75) is 25.6 Å². The number of halogens is 3. The molecule has 1 amide bonds. The second-order valence-corrected chi connectivity index (χ2v) is 7.61. The first kappa shape index (κ1) is 24.9. The molecule has 2 aromatic rings. The SMILES string of the molecule is C[C@@H](COCCC(=O)N1CCN(c2ncc(C(F)(F)F)cn2)CC1)Nc1cn[nH]c(=O)c1C#N. The van der Waals surface area contributed by atoms with Gasteiger partial charge in [-0.2, -0.15) is 23.5 Å². The maximum Gasteiger partial charge on any atom is 0.419 e. The second-order valence-electron chi connectivity index (χ2n) is 7.61. The number of H-pyrrole nitrogens is 1. The van der Waals surface area contributed by atoms with Gasteiger partial charge in [0, 0.05) is 44.6 Å². The van der Waals surface area contributed by atoms with Crippen LogP contribution in [-0.2, 0) is 15.7 Å². The summed E-state index contributed by atoms with van der Waals surface area (Å²) in [6, 6.07) is 1.58. The summed E-state index contributed by atoms with van der Waals surface area (Å²) < 4.78 is 43.5. The van der Waals surface area contributed by atoms with E-state index in [4.69, 9.17) is 10.00 Å². The van der Waals surface area contributed by atoms with E-state index in [0.717, 1.165) is 12.4 Å². The Morgan fingerprint density at radius 3 is 2.56 bits per heavy atom. The van der Waals surface area contributed by atoms with Crippen LogP contribution in [0.5, 0.6) is 0 Å². The van der Waals surface area contributed by atoms with Crippen LogP contribution in [0.4, 0.5) is 24.8 Å². The highest BCUT2D eigenvalue weighted by Crippen LogP contribution is 2.28. The molecule has 1 aliphatic rings. The fourth-order valence-electron chi connectivity index (χ4n) is 3.29. The van der Waals surface area contributed by atoms with Crippen molar-refractivity contribution in [1.82, 2.24) is 25.1 Å². The van der Waals surface area contributed by atoms with Gasteiger partial charge in [0.05, 0.1) is 37.1 Å². The van der Waals surface area contributed by atoms with Crippen molar-refractivity contribution in [1.29, 1.82) is 5.26 Å². The molecule has 34 heavy (non-hydrogen) atoms. The van der Waals surface area contributed by atoms with Gasteiger partial charge in [0.1, 0.15) is 11.6 Å². The molecule has 0 unspecified atom stereocenters. The number of aromatic nitrogens is 4. The number of nitrogens with one attached hydrogen (secondary N) is 2. The fourth-order valence-corrected chi connectivity index (χ4v) is 3.29. The third kappa shape index (κ3) is 6.41. The van der Waals surface area contributed by atoms with Crippen molar-refractivity contribution < 1.29 is 22.7 Å². The van der Waals surface area contributed by atoms with Gasteiger partial charge in [-0.05, 0) is 6.92 Å². The standard InChI is InChI=1S/C20H23F3N8O3/c1-13(28-16-11-27-29-18(33)15(16)8-24)12-34-7-2-17(32)30-3-5-31(6-4-30)19-25-9-14(10-26-19)20(21,22)23/h9-11,13H,2-7,12H2,1H3,(H2,28,29,33)/t13-/m0/s1. The van der Waals surface area contributed by atoms with E-state index in [9.17, 15) is 22.8 Å². The summed E-state index contributed by atoms with van der Waals surface area (Å²) in [7, 11) is 0. The largest absolute Gasteiger partial charge is 0.419 e. The Kier molecular flexibility index (Phi) is 8.00. The minimum Gasteiger partial charge on any atom is -0.379 e. The topological polar surface area (TPSA) is 140 Å². The number of nitriles is 1. The van der Waals surface area contributed by atoms with Gasteiger partial charge < -0.3 is 19.9 Å². The zero-order valence-electron chi connectivity index (χ0n) is 18.3. The highest BCUT2D eigenvalue weighted by Gasteiger charge is 2.32. The second kappa shape index (κ2) is 10.9. The minimum absolute atomic E-state index is 0.0714. The maximum absolute atomic E-state index is 12.6. The Morgan fingerprint density at radius 1 is 1.26 bits per heavy atom. The van der Waals surface area contributed by atoms with Gasteiger partial charge in [0.25, 0.3) is 5.56 Å². The summed E-state index contributed by atoms with van der Waals surface area (Å²) >= 11 is 0. The van der Waals surface area contributed by atoms with Crippen LogP contribution in [0.3, 0.4) is 0 Å². The van der Waals surface area contributed by atoms with Crippen LogP contribution < -0.4 is 15.8 Å². The van der Waals surface area contributed by atoms with Crippen molar-refractivity contribution in [3.05, 3.63) is 40.1 Å². The van der Waals surface area contributed by atoms with Gasteiger partial charge in [0.2, 0.25) is 11.9 Å². The monoisotopic (exact) mass is 480 g/mol. The lowest BCUT2D eigenvalue weighted by Gasteiger charge is -2.34. The van der Waals surface area contributed by atoms with Gasteiger partial charge in [-0.3, -0.25) is 9.59 Å². The predicted octanol–water partition coefficient (Wildman–Crippen LogP) is 1.01. The van der Waals surface area contributed by atoms with E-state index in [1.807, 2.05) is 6.07 Å². The molecule has 3 rings (SSSR count). The van der Waals surface area contributed by atoms with E-state index in [1.54, 1.807) is 16.7 Å². The van der Waals surface area contributed by atoms with Gasteiger partial charge in [-0.1, -0.05) is 0 Å². The van der Waals surface area contributed by atoms with Crippen LogP contribution in [0.15, 0.2) is 23.4 Å². The summed E-state index contributed by atoms with van der Waals surface area (Å²) in [4.78, 5) is 35.0. The Labute approximate surface area is 192 Å². The number of carbonyl (C=O) groups is 1. The highest BCUT2D eigenvalue weighted by atomic mass is 19.4. The number of piperazine rings is 1. The average Bonchev–Trinajstić information content (AvgIpc) is 2.81. The summed E-state index contributed by atoms with van der Waals surface area (Å²) in [6.07, 6.45) is -1.48. The number of nitrogens with zero attached hydrogens (tertiary/aromatic N) is 6. The molecule has 1 atom stereocenters.